The molecule has 2 aromatic heterocycles. The SMILES string of the molecule is CC[C@@H](Oc1cc2onc(CCC(=O)O)c2cc1Cl)c1ccccn1. The zero-order valence-electron chi connectivity index (χ0n) is 13.6. The number of benzene rings is 1. The Morgan fingerprint density at radius 2 is 2.24 bits per heavy atom. The van der Waals surface area contributed by atoms with E-state index in [1.807, 2.05) is 25.1 Å². The maximum absolute atomic E-state index is 10.7. The summed E-state index contributed by atoms with van der Waals surface area (Å²) >= 11 is 6.35. The summed E-state index contributed by atoms with van der Waals surface area (Å²) in [6, 6.07) is 9.04. The minimum Gasteiger partial charge on any atom is -0.482 e. The van der Waals surface area contributed by atoms with Gasteiger partial charge in [-0.3, -0.25) is 9.78 Å². The molecule has 0 unspecified atom stereocenters. The Labute approximate surface area is 149 Å². The molecule has 2 heterocycles. The summed E-state index contributed by atoms with van der Waals surface area (Å²) in [4.78, 5) is 15.1. The molecular formula is C18H17ClN2O4. The maximum Gasteiger partial charge on any atom is 0.303 e. The van der Waals surface area contributed by atoms with Gasteiger partial charge >= 0.3 is 5.97 Å². The van der Waals surface area contributed by atoms with Crippen LogP contribution in [0.4, 0.5) is 0 Å². The van der Waals surface area contributed by atoms with Crippen molar-refractivity contribution in [3.63, 3.8) is 0 Å². The second-order valence-corrected chi connectivity index (χ2v) is 5.98. The Balaban J connectivity index is 1.87. The second-order valence-electron chi connectivity index (χ2n) is 5.57. The van der Waals surface area contributed by atoms with Gasteiger partial charge in [-0.2, -0.15) is 0 Å². The minimum atomic E-state index is -0.886. The fourth-order valence-electron chi connectivity index (χ4n) is 2.56. The average molecular weight is 361 g/mol. The van der Waals surface area contributed by atoms with Crippen molar-refractivity contribution in [3.8, 4) is 5.75 Å². The van der Waals surface area contributed by atoms with Gasteiger partial charge in [0.2, 0.25) is 0 Å². The lowest BCUT2D eigenvalue weighted by atomic mass is 10.1. The predicted octanol–water partition coefficient (Wildman–Crippen LogP) is 4.42. The molecule has 0 aliphatic heterocycles. The van der Waals surface area contributed by atoms with Gasteiger partial charge in [-0.1, -0.05) is 29.7 Å². The third kappa shape index (κ3) is 3.91. The van der Waals surface area contributed by atoms with Crippen molar-refractivity contribution in [1.29, 1.82) is 0 Å². The van der Waals surface area contributed by atoms with Crippen LogP contribution in [0, 0.1) is 0 Å². The molecule has 1 N–H and O–H groups in total. The zero-order valence-corrected chi connectivity index (χ0v) is 14.4. The van der Waals surface area contributed by atoms with Gasteiger partial charge in [-0.05, 0) is 24.6 Å². The molecule has 0 spiro atoms. The first-order chi connectivity index (χ1) is 12.1. The number of carbonyl (C=O) groups is 1. The number of hydrogen-bond acceptors (Lipinski definition) is 5. The Hall–Kier alpha value is -2.60. The lowest BCUT2D eigenvalue weighted by Crippen LogP contribution is -2.08. The Bertz CT molecular complexity index is 879. The first-order valence-electron chi connectivity index (χ1n) is 7.95. The Morgan fingerprint density at radius 1 is 1.40 bits per heavy atom. The first kappa shape index (κ1) is 17.2. The van der Waals surface area contributed by atoms with E-state index in [9.17, 15) is 4.79 Å². The number of aromatic nitrogens is 2. The summed E-state index contributed by atoms with van der Waals surface area (Å²) in [5, 5.41) is 13.9. The molecule has 0 saturated carbocycles. The molecule has 0 aliphatic rings. The summed E-state index contributed by atoms with van der Waals surface area (Å²) in [5.41, 5.74) is 1.90. The fourth-order valence-corrected chi connectivity index (χ4v) is 2.77. The number of hydrogen-bond donors (Lipinski definition) is 1. The van der Waals surface area contributed by atoms with Crippen LogP contribution in [0.5, 0.6) is 5.75 Å². The second kappa shape index (κ2) is 7.53. The van der Waals surface area contributed by atoms with Crippen LogP contribution in [0.15, 0.2) is 41.1 Å². The number of fused-ring (bicyclic) bond motifs is 1. The highest BCUT2D eigenvalue weighted by Gasteiger charge is 2.18. The minimum absolute atomic E-state index is 0.0188. The maximum atomic E-state index is 10.7. The van der Waals surface area contributed by atoms with Crippen molar-refractivity contribution in [2.24, 2.45) is 0 Å². The highest BCUT2D eigenvalue weighted by molar-refractivity contribution is 6.32. The molecule has 130 valence electrons. The van der Waals surface area contributed by atoms with E-state index in [-0.39, 0.29) is 18.9 Å². The number of halogens is 1. The molecule has 3 aromatic rings. The van der Waals surface area contributed by atoms with Crippen molar-refractivity contribution in [2.75, 3.05) is 0 Å². The molecule has 0 aliphatic carbocycles. The third-order valence-electron chi connectivity index (χ3n) is 3.83. The highest BCUT2D eigenvalue weighted by Crippen LogP contribution is 2.35. The van der Waals surface area contributed by atoms with E-state index in [0.29, 0.717) is 27.4 Å². The van der Waals surface area contributed by atoms with Crippen molar-refractivity contribution in [3.05, 3.63) is 52.9 Å². The number of rotatable bonds is 7. The smallest absolute Gasteiger partial charge is 0.303 e. The summed E-state index contributed by atoms with van der Waals surface area (Å²) in [7, 11) is 0. The molecule has 0 amide bonds. The van der Waals surface area contributed by atoms with Crippen LogP contribution in [0.25, 0.3) is 11.0 Å². The van der Waals surface area contributed by atoms with E-state index in [1.165, 1.54) is 0 Å². The number of aliphatic carboxylic acids is 1. The number of nitrogens with zero attached hydrogens (tertiary/aromatic N) is 2. The zero-order chi connectivity index (χ0) is 17.8. The molecule has 25 heavy (non-hydrogen) atoms. The molecule has 0 fully saturated rings. The van der Waals surface area contributed by atoms with Crippen LogP contribution in [0.1, 0.15) is 37.3 Å². The molecule has 7 heteroatoms. The normalized spacial score (nSPS) is 12.2. The molecule has 1 aromatic carbocycles. The number of ether oxygens (including phenoxy) is 1. The van der Waals surface area contributed by atoms with Crippen LogP contribution in [0.2, 0.25) is 5.02 Å². The van der Waals surface area contributed by atoms with E-state index in [1.54, 1.807) is 18.3 Å². The van der Waals surface area contributed by atoms with Crippen LogP contribution < -0.4 is 4.74 Å². The quantitative estimate of drug-likeness (QED) is 0.671. The van der Waals surface area contributed by atoms with Gasteiger partial charge in [0.1, 0.15) is 11.9 Å². The monoisotopic (exact) mass is 360 g/mol. The Morgan fingerprint density at radius 3 is 2.92 bits per heavy atom. The standard InChI is InChI=1S/C18H17ClN2O4/c1-2-15(14-5-3-4-8-20-14)24-17-10-16-11(9-12(17)19)13(21-25-16)6-7-18(22)23/h3-5,8-10,15H,2,6-7H2,1H3,(H,22,23)/t15-/m1/s1. The van der Waals surface area contributed by atoms with Crippen molar-refractivity contribution >= 4 is 28.5 Å². The van der Waals surface area contributed by atoms with Gasteiger partial charge in [0.05, 0.1) is 22.8 Å². The topological polar surface area (TPSA) is 85.5 Å². The summed E-state index contributed by atoms with van der Waals surface area (Å²) in [6.45, 7) is 2.00. The number of carboxylic acid groups (broad SMARTS) is 1. The summed E-state index contributed by atoms with van der Waals surface area (Å²) < 4.78 is 11.3. The molecule has 0 saturated heterocycles. The molecule has 0 bridgehead atoms. The van der Waals surface area contributed by atoms with Gasteiger partial charge in [0.25, 0.3) is 0 Å². The largest absolute Gasteiger partial charge is 0.482 e. The number of pyridine rings is 1. The highest BCUT2D eigenvalue weighted by atomic mass is 35.5. The lowest BCUT2D eigenvalue weighted by Gasteiger charge is -2.17. The van der Waals surface area contributed by atoms with Crippen molar-refractivity contribution < 1.29 is 19.2 Å². The van der Waals surface area contributed by atoms with Crippen LogP contribution in [-0.2, 0) is 11.2 Å². The van der Waals surface area contributed by atoms with Crippen LogP contribution >= 0.6 is 11.6 Å². The van der Waals surface area contributed by atoms with Gasteiger partial charge in [0, 0.05) is 24.1 Å². The van der Waals surface area contributed by atoms with Crippen LogP contribution in [-0.4, -0.2) is 21.2 Å². The molecule has 6 nitrogen and oxygen atoms in total. The lowest BCUT2D eigenvalue weighted by molar-refractivity contribution is -0.136. The summed E-state index contributed by atoms with van der Waals surface area (Å²) in [5.74, 6) is -0.407. The Kier molecular flexibility index (Phi) is 5.19. The first-order valence-corrected chi connectivity index (χ1v) is 8.33. The van der Waals surface area contributed by atoms with Crippen LogP contribution in [0.3, 0.4) is 0 Å². The number of carboxylic acids is 1. The fraction of sp³-hybridized carbons (Fsp3) is 0.278. The third-order valence-corrected chi connectivity index (χ3v) is 4.13. The van der Waals surface area contributed by atoms with Crippen molar-refractivity contribution in [2.45, 2.75) is 32.3 Å². The van der Waals surface area contributed by atoms with E-state index in [4.69, 9.17) is 26.0 Å². The molecule has 3 rings (SSSR count). The van der Waals surface area contributed by atoms with Gasteiger partial charge in [0.15, 0.2) is 5.58 Å². The average Bonchev–Trinajstić information content (AvgIpc) is 3.00. The van der Waals surface area contributed by atoms with Gasteiger partial charge in [-0.25, -0.2) is 0 Å². The van der Waals surface area contributed by atoms with E-state index < -0.39 is 5.97 Å². The van der Waals surface area contributed by atoms with E-state index in [0.717, 1.165) is 12.1 Å². The van der Waals surface area contributed by atoms with E-state index >= 15 is 0 Å². The van der Waals surface area contributed by atoms with Crippen molar-refractivity contribution in [1.82, 2.24) is 10.1 Å². The van der Waals surface area contributed by atoms with Gasteiger partial charge in [-0.15, -0.1) is 0 Å². The molecule has 1 atom stereocenters. The van der Waals surface area contributed by atoms with E-state index in [2.05, 4.69) is 10.1 Å². The number of aryl methyl sites for hydroxylation is 1. The van der Waals surface area contributed by atoms with Gasteiger partial charge < -0.3 is 14.4 Å². The molecule has 0 radical (unpaired) electrons. The predicted molar refractivity (Wildman–Crippen MR) is 92.9 cm³/mol. The molecular weight excluding hydrogens is 344 g/mol. The summed E-state index contributed by atoms with van der Waals surface area (Å²) in [6.07, 6.45) is 2.48.